The van der Waals surface area contributed by atoms with Crippen molar-refractivity contribution in [3.05, 3.63) is 0 Å². The number of carbonyl (C=O) groups excluding carboxylic acids is 2. The number of carboxylic acids is 7. The van der Waals surface area contributed by atoms with Gasteiger partial charge in [-0.05, 0) is 64.2 Å². The summed E-state index contributed by atoms with van der Waals surface area (Å²) in [5, 5.41) is 66.6. The van der Waals surface area contributed by atoms with Gasteiger partial charge < -0.3 is 52.1 Å². The van der Waals surface area contributed by atoms with Crippen LogP contribution >= 0.6 is 15.9 Å². The zero-order chi connectivity index (χ0) is 43.3. The molecule has 318 valence electrons. The van der Waals surface area contributed by atoms with E-state index in [4.69, 9.17) is 36.4 Å². The van der Waals surface area contributed by atoms with E-state index >= 15 is 0 Å². The maximum Gasteiger partial charge on any atom is 0.320 e. The lowest BCUT2D eigenvalue weighted by Crippen LogP contribution is -2.46. The number of aliphatic carboxylic acids is 7. The van der Waals surface area contributed by atoms with E-state index in [1.807, 2.05) is 6.92 Å². The van der Waals surface area contributed by atoms with Gasteiger partial charge in [0.15, 0.2) is 0 Å². The molecule has 0 aromatic rings. The van der Waals surface area contributed by atoms with E-state index in [-0.39, 0.29) is 42.4 Å². The third-order valence-corrected chi connectivity index (χ3v) is 8.60. The van der Waals surface area contributed by atoms with E-state index in [0.717, 1.165) is 4.90 Å². The Balaban J connectivity index is -0.000000907. The van der Waals surface area contributed by atoms with Crippen LogP contribution in [0.4, 0.5) is 0 Å². The fourth-order valence-corrected chi connectivity index (χ4v) is 4.85. The Morgan fingerprint density at radius 2 is 0.945 bits per heavy atom. The van der Waals surface area contributed by atoms with Crippen molar-refractivity contribution in [2.75, 3.05) is 31.5 Å². The van der Waals surface area contributed by atoms with Crippen molar-refractivity contribution in [2.45, 2.75) is 104 Å². The number of rotatable bonds is 28. The summed E-state index contributed by atoms with van der Waals surface area (Å²) in [7, 11) is 0. The lowest BCUT2D eigenvalue weighted by molar-refractivity contribution is -0.150. The molecule has 0 bridgehead atoms. The Bertz CT molecular complexity index is 1220. The molecule has 6 atom stereocenters. The molecule has 0 aliphatic rings. The van der Waals surface area contributed by atoms with Crippen LogP contribution in [-0.2, 0) is 43.2 Å². The van der Waals surface area contributed by atoms with Crippen LogP contribution in [0.25, 0.3) is 0 Å². The van der Waals surface area contributed by atoms with Gasteiger partial charge >= 0.3 is 41.8 Å². The highest BCUT2D eigenvalue weighted by Gasteiger charge is 2.29. The Hall–Kier alpha value is -4.37. The maximum atomic E-state index is 12.2. The normalized spacial score (nSPS) is 13.8. The van der Waals surface area contributed by atoms with Gasteiger partial charge in [0.1, 0.15) is 17.4 Å². The number of nitrogens with one attached hydrogen (secondary N) is 2. The number of unbranched alkanes of at least 4 members (excludes halogenated alkanes) is 2. The van der Waals surface area contributed by atoms with Crippen LogP contribution in [0, 0.1) is 23.7 Å². The summed E-state index contributed by atoms with van der Waals surface area (Å²) in [6.45, 7) is 6.04. The molecule has 4 unspecified atom stereocenters. The van der Waals surface area contributed by atoms with Crippen LogP contribution in [-0.4, -0.2) is 138 Å². The molecule has 21 heteroatoms. The van der Waals surface area contributed by atoms with Gasteiger partial charge in [-0.1, -0.05) is 43.6 Å². The lowest BCUT2D eigenvalue weighted by Gasteiger charge is -2.25. The van der Waals surface area contributed by atoms with Crippen molar-refractivity contribution in [1.82, 2.24) is 15.5 Å². The van der Waals surface area contributed by atoms with E-state index in [1.165, 1.54) is 6.92 Å². The Morgan fingerprint density at radius 3 is 1.22 bits per heavy atom. The molecule has 0 aromatic heterocycles. The fraction of sp³-hybridized carbons (Fsp3) is 0.735. The van der Waals surface area contributed by atoms with E-state index < -0.39 is 84.7 Å². The average molecular weight is 860 g/mol. The number of carboxylic acid groups (broad SMARTS) is 7. The number of nitrogens with zero attached hydrogens (tertiary/aromatic N) is 1. The molecule has 0 aromatic carbocycles. The summed E-state index contributed by atoms with van der Waals surface area (Å²) in [5.41, 5.74) is 5.37. The Kier molecular flexibility index (Phi) is 31.9. The van der Waals surface area contributed by atoms with Crippen molar-refractivity contribution in [1.29, 1.82) is 0 Å². The van der Waals surface area contributed by atoms with E-state index in [9.17, 15) is 48.3 Å². The van der Waals surface area contributed by atoms with Gasteiger partial charge in [-0.3, -0.25) is 48.1 Å². The molecule has 0 fully saturated rings. The van der Waals surface area contributed by atoms with Crippen LogP contribution < -0.4 is 16.4 Å². The standard InChI is InChI=1S/C18H30N2O9.C14H26N2O5.C2H3BrO2/c1-3-12(8-11(2)17(26)27)16(25)19-7-5-4-6-13(18(28)29)20(9-14(21)22)10-15(23)24;1-3-10(8-9(2)13(18)19)12(17)16-7-5-4-6-11(15)14(20)21;3-1-2(4)5/h11-13H,3-10H2,1-2H3,(H,19,25)(H,21,22)(H,23,24)(H,26,27)(H,28,29);9-11H,3-8,15H2,1-2H3,(H,16,17)(H,18,19)(H,20,21);1H2,(H,4,5)/t11?,12?,13-;9?,10?,11-;/m00./s1. The molecule has 11 N–H and O–H groups in total. The fourth-order valence-electron chi connectivity index (χ4n) is 4.85. The highest BCUT2D eigenvalue weighted by atomic mass is 79.9. The van der Waals surface area contributed by atoms with Gasteiger partial charge in [-0.25, -0.2) is 0 Å². The minimum absolute atomic E-state index is 0.0268. The minimum Gasteiger partial charge on any atom is -0.481 e. The largest absolute Gasteiger partial charge is 0.481 e. The third-order valence-electron chi connectivity index (χ3n) is 8.13. The molecule has 0 radical (unpaired) electrons. The van der Waals surface area contributed by atoms with Crippen molar-refractivity contribution >= 4 is 69.5 Å². The molecule has 0 spiro atoms. The zero-order valence-corrected chi connectivity index (χ0v) is 33.4. The van der Waals surface area contributed by atoms with Gasteiger partial charge in [-0.15, -0.1) is 0 Å². The van der Waals surface area contributed by atoms with Crippen molar-refractivity contribution in [3.8, 4) is 0 Å². The highest BCUT2D eigenvalue weighted by Crippen LogP contribution is 2.17. The summed E-state index contributed by atoms with van der Waals surface area (Å²) in [6.07, 6.45) is 4.03. The number of amides is 2. The SMILES string of the molecule is CCC(CC(C)C(=O)O)C(=O)NCCCC[C@@H](C(=O)O)N(CC(=O)O)CC(=O)O.CCC(CC(C)C(=O)O)C(=O)NCCCC[C@H](N)C(=O)O.O=C(O)CBr. The number of carbonyl (C=O) groups is 9. The molecule has 20 nitrogen and oxygen atoms in total. The number of nitrogens with two attached hydrogens (primary N) is 1. The van der Waals surface area contributed by atoms with Gasteiger partial charge in [0.2, 0.25) is 11.8 Å². The molecule has 0 aliphatic carbocycles. The first-order valence-electron chi connectivity index (χ1n) is 17.7. The van der Waals surface area contributed by atoms with Gasteiger partial charge in [0.05, 0.1) is 24.9 Å². The molecule has 0 saturated heterocycles. The maximum absolute atomic E-state index is 12.2. The molecule has 0 rings (SSSR count). The molecule has 0 heterocycles. The summed E-state index contributed by atoms with van der Waals surface area (Å²) in [4.78, 5) is 99.6. The molecule has 2 amide bonds. The first kappa shape index (κ1) is 55.0. The number of alkyl halides is 1. The van der Waals surface area contributed by atoms with E-state index in [2.05, 4.69) is 26.6 Å². The number of hydrogen-bond acceptors (Lipinski definition) is 11. The molecule has 0 saturated carbocycles. The lowest BCUT2D eigenvalue weighted by atomic mass is 9.93. The predicted molar refractivity (Wildman–Crippen MR) is 199 cm³/mol. The van der Waals surface area contributed by atoms with E-state index in [1.54, 1.807) is 13.8 Å². The van der Waals surface area contributed by atoms with Crippen LogP contribution in [0.1, 0.15) is 91.9 Å². The van der Waals surface area contributed by atoms with Crippen LogP contribution in [0.5, 0.6) is 0 Å². The predicted octanol–water partition coefficient (Wildman–Crippen LogP) is 1.62. The van der Waals surface area contributed by atoms with Crippen LogP contribution in [0.3, 0.4) is 0 Å². The third kappa shape index (κ3) is 29.6. The minimum atomic E-state index is -1.33. The first-order chi connectivity index (χ1) is 25.5. The highest BCUT2D eigenvalue weighted by molar-refractivity contribution is 9.09. The Morgan fingerprint density at radius 1 is 0.582 bits per heavy atom. The topological polar surface area (TPSA) is 349 Å². The van der Waals surface area contributed by atoms with Crippen LogP contribution in [0.15, 0.2) is 0 Å². The quantitative estimate of drug-likeness (QED) is 0.0395. The van der Waals surface area contributed by atoms with Crippen molar-refractivity contribution in [3.63, 3.8) is 0 Å². The smallest absolute Gasteiger partial charge is 0.320 e. The molecule has 0 aliphatic heterocycles. The molecule has 55 heavy (non-hydrogen) atoms. The average Bonchev–Trinajstić information content (AvgIpc) is 3.09. The second-order valence-electron chi connectivity index (χ2n) is 12.8. The van der Waals surface area contributed by atoms with Gasteiger partial charge in [-0.2, -0.15) is 0 Å². The van der Waals surface area contributed by atoms with E-state index in [0.29, 0.717) is 57.9 Å². The first-order valence-corrected chi connectivity index (χ1v) is 18.8. The monoisotopic (exact) mass is 858 g/mol. The summed E-state index contributed by atoms with van der Waals surface area (Å²) < 4.78 is 0. The molecular weight excluding hydrogens is 800 g/mol. The van der Waals surface area contributed by atoms with Crippen LogP contribution in [0.2, 0.25) is 0 Å². The second-order valence-corrected chi connectivity index (χ2v) is 13.3. The van der Waals surface area contributed by atoms with Crippen molar-refractivity contribution < 1.29 is 78.9 Å². The number of halogens is 1. The summed E-state index contributed by atoms with van der Waals surface area (Å²) in [6, 6.07) is -2.13. The molecular formula is C34H59BrN4O16. The summed E-state index contributed by atoms with van der Waals surface area (Å²) in [5.74, 6) is -10.0. The zero-order valence-electron chi connectivity index (χ0n) is 31.8. The number of hydrogen-bond donors (Lipinski definition) is 10. The second kappa shape index (κ2) is 31.9. The van der Waals surface area contributed by atoms with Gasteiger partial charge in [0, 0.05) is 24.9 Å². The summed E-state index contributed by atoms with van der Waals surface area (Å²) >= 11 is 2.71. The Labute approximate surface area is 328 Å². The van der Waals surface area contributed by atoms with Crippen molar-refractivity contribution in [2.24, 2.45) is 29.4 Å². The van der Waals surface area contributed by atoms with Gasteiger partial charge in [0.25, 0.3) is 0 Å².